The number of fused-ring (bicyclic) bond motifs is 1. The number of hydrogen-bond donors (Lipinski definition) is 0. The van der Waals surface area contributed by atoms with Crippen LogP contribution in [0.15, 0.2) is 42.6 Å². The minimum atomic E-state index is -0.199. The van der Waals surface area contributed by atoms with Crippen LogP contribution < -0.4 is 14.2 Å². The molecule has 24 heavy (non-hydrogen) atoms. The van der Waals surface area contributed by atoms with E-state index < -0.39 is 0 Å². The Labute approximate surface area is 141 Å². The van der Waals surface area contributed by atoms with Crippen LogP contribution in [-0.4, -0.2) is 48.7 Å². The lowest BCUT2D eigenvalue weighted by molar-refractivity contribution is 0.0474. The lowest BCUT2D eigenvalue weighted by Gasteiger charge is -2.30. The predicted molar refractivity (Wildman–Crippen MR) is 88.7 cm³/mol. The molecule has 0 aliphatic carbocycles. The molecule has 6 nitrogen and oxygen atoms in total. The lowest BCUT2D eigenvalue weighted by Crippen LogP contribution is -2.43. The first-order chi connectivity index (χ1) is 11.7. The largest absolute Gasteiger partial charge is 0.486 e. The van der Waals surface area contributed by atoms with Gasteiger partial charge in [0.25, 0.3) is 5.91 Å². The minimum absolute atomic E-state index is 0.0879. The fourth-order valence-corrected chi connectivity index (χ4v) is 2.56. The molecule has 1 unspecified atom stereocenters. The third-order valence-corrected chi connectivity index (χ3v) is 3.85. The lowest BCUT2D eigenvalue weighted by atomic mass is 10.2. The zero-order chi connectivity index (χ0) is 16.9. The first kappa shape index (κ1) is 16.1. The Morgan fingerprint density at radius 1 is 1.29 bits per heavy atom. The molecule has 1 amide bonds. The zero-order valence-electron chi connectivity index (χ0n) is 13.8. The number of aromatic nitrogens is 1. The first-order valence-electron chi connectivity index (χ1n) is 7.89. The average molecular weight is 328 g/mol. The molecular weight excluding hydrogens is 308 g/mol. The highest BCUT2D eigenvalue weighted by Crippen LogP contribution is 2.31. The third kappa shape index (κ3) is 3.42. The average Bonchev–Trinajstić information content (AvgIpc) is 2.65. The van der Waals surface area contributed by atoms with E-state index in [0.717, 1.165) is 5.75 Å². The van der Waals surface area contributed by atoms with Crippen LogP contribution in [0.1, 0.15) is 17.3 Å². The molecule has 0 fully saturated rings. The number of amides is 1. The molecule has 6 heteroatoms. The summed E-state index contributed by atoms with van der Waals surface area (Å²) in [5.41, 5.74) is 0.523. The number of benzene rings is 1. The molecule has 0 spiro atoms. The molecule has 1 aliphatic heterocycles. The van der Waals surface area contributed by atoms with Gasteiger partial charge in [0, 0.05) is 18.8 Å². The number of carbonyl (C=O) groups is 1. The molecule has 0 N–H and O–H groups in total. The normalized spacial score (nSPS) is 15.7. The van der Waals surface area contributed by atoms with Crippen LogP contribution in [0.3, 0.4) is 0 Å². The van der Waals surface area contributed by atoms with Gasteiger partial charge in [-0.1, -0.05) is 12.1 Å². The maximum absolute atomic E-state index is 12.6. The van der Waals surface area contributed by atoms with Crippen LogP contribution in [0.5, 0.6) is 17.4 Å². The summed E-state index contributed by atoms with van der Waals surface area (Å²) in [6.45, 7) is 3.39. The molecule has 2 heterocycles. The quantitative estimate of drug-likeness (QED) is 0.843. The van der Waals surface area contributed by atoms with Gasteiger partial charge in [0.15, 0.2) is 17.6 Å². The Kier molecular flexibility index (Phi) is 4.84. The highest BCUT2D eigenvalue weighted by molar-refractivity contribution is 5.94. The Morgan fingerprint density at radius 2 is 2.08 bits per heavy atom. The van der Waals surface area contributed by atoms with E-state index in [1.807, 2.05) is 31.2 Å². The van der Waals surface area contributed by atoms with Gasteiger partial charge >= 0.3 is 0 Å². The van der Waals surface area contributed by atoms with E-state index in [2.05, 4.69) is 4.98 Å². The Balaban J connectivity index is 1.67. The molecule has 1 aromatic heterocycles. The summed E-state index contributed by atoms with van der Waals surface area (Å²) in [5, 5.41) is 0. The van der Waals surface area contributed by atoms with Crippen molar-refractivity contribution in [2.45, 2.75) is 13.0 Å². The van der Waals surface area contributed by atoms with Crippen molar-refractivity contribution in [2.75, 3.05) is 26.8 Å². The molecule has 0 saturated carbocycles. The number of methoxy groups -OCH3 is 1. The molecule has 0 bridgehead atoms. The maximum atomic E-state index is 12.6. The Bertz CT molecular complexity index is 702. The summed E-state index contributed by atoms with van der Waals surface area (Å²) in [5.74, 6) is 1.84. The van der Waals surface area contributed by atoms with Gasteiger partial charge in [-0.3, -0.25) is 4.79 Å². The number of pyridine rings is 1. The number of nitrogens with zero attached hydrogens (tertiary/aromatic N) is 2. The number of likely N-dealkylation sites (N-methyl/N-ethyl adjacent to an activating group) is 1. The summed E-state index contributed by atoms with van der Waals surface area (Å²) >= 11 is 0. The number of ether oxygens (including phenoxy) is 3. The molecule has 1 aromatic carbocycles. The fourth-order valence-electron chi connectivity index (χ4n) is 2.56. The fraction of sp³-hybridized carbons (Fsp3) is 0.333. The highest BCUT2D eigenvalue weighted by Gasteiger charge is 2.25. The standard InChI is InChI=1S/C18H20N2O4/c1-3-20(18(21)13-8-9-17(22-2)19-10-13)11-14-12-23-15-6-4-5-7-16(15)24-14/h4-10,14H,3,11-12H2,1-2H3. The number of para-hydroxylation sites is 2. The molecule has 0 radical (unpaired) electrons. The number of hydrogen-bond acceptors (Lipinski definition) is 5. The summed E-state index contributed by atoms with van der Waals surface area (Å²) in [6.07, 6.45) is 1.33. The van der Waals surface area contributed by atoms with Gasteiger partial charge in [-0.2, -0.15) is 0 Å². The van der Waals surface area contributed by atoms with E-state index in [4.69, 9.17) is 14.2 Å². The molecule has 126 valence electrons. The number of carbonyl (C=O) groups excluding carboxylic acids is 1. The van der Waals surface area contributed by atoms with E-state index in [1.54, 1.807) is 24.1 Å². The zero-order valence-corrected chi connectivity index (χ0v) is 13.8. The van der Waals surface area contributed by atoms with Crippen LogP contribution in [0.4, 0.5) is 0 Å². The van der Waals surface area contributed by atoms with Gasteiger partial charge in [0.1, 0.15) is 6.61 Å². The molecule has 0 saturated heterocycles. The van der Waals surface area contributed by atoms with Crippen LogP contribution >= 0.6 is 0 Å². The van der Waals surface area contributed by atoms with Crippen molar-refractivity contribution < 1.29 is 19.0 Å². The smallest absolute Gasteiger partial charge is 0.255 e. The van der Waals surface area contributed by atoms with Crippen molar-refractivity contribution in [3.05, 3.63) is 48.2 Å². The molecule has 1 aliphatic rings. The van der Waals surface area contributed by atoms with Crippen molar-refractivity contribution in [3.63, 3.8) is 0 Å². The number of rotatable bonds is 5. The monoisotopic (exact) mass is 328 g/mol. The second-order valence-corrected chi connectivity index (χ2v) is 5.43. The molecular formula is C18H20N2O4. The molecule has 3 rings (SSSR count). The predicted octanol–water partition coefficient (Wildman–Crippen LogP) is 2.39. The Hall–Kier alpha value is -2.76. The topological polar surface area (TPSA) is 60.9 Å². The summed E-state index contributed by atoms with van der Waals surface area (Å²) < 4.78 is 16.7. The summed E-state index contributed by atoms with van der Waals surface area (Å²) in [7, 11) is 1.54. The van der Waals surface area contributed by atoms with E-state index in [9.17, 15) is 4.79 Å². The van der Waals surface area contributed by atoms with Gasteiger partial charge in [0.2, 0.25) is 5.88 Å². The van der Waals surface area contributed by atoms with E-state index in [1.165, 1.54) is 6.20 Å². The SMILES string of the molecule is CCN(CC1COc2ccccc2O1)C(=O)c1ccc(OC)nc1. The van der Waals surface area contributed by atoms with Crippen LogP contribution in [0.25, 0.3) is 0 Å². The van der Waals surface area contributed by atoms with Gasteiger partial charge in [0.05, 0.1) is 19.2 Å². The Morgan fingerprint density at radius 3 is 2.75 bits per heavy atom. The van der Waals surface area contributed by atoms with E-state index >= 15 is 0 Å². The second kappa shape index (κ2) is 7.21. The van der Waals surface area contributed by atoms with Crippen molar-refractivity contribution in [2.24, 2.45) is 0 Å². The summed E-state index contributed by atoms with van der Waals surface area (Å²) in [6, 6.07) is 10.9. The van der Waals surface area contributed by atoms with Crippen molar-refractivity contribution in [1.29, 1.82) is 0 Å². The maximum Gasteiger partial charge on any atom is 0.255 e. The van der Waals surface area contributed by atoms with E-state index in [0.29, 0.717) is 36.9 Å². The van der Waals surface area contributed by atoms with Crippen molar-refractivity contribution in [1.82, 2.24) is 9.88 Å². The van der Waals surface area contributed by atoms with Crippen molar-refractivity contribution in [3.8, 4) is 17.4 Å². The van der Waals surface area contributed by atoms with Crippen LogP contribution in [-0.2, 0) is 0 Å². The highest BCUT2D eigenvalue weighted by atomic mass is 16.6. The van der Waals surface area contributed by atoms with Crippen molar-refractivity contribution >= 4 is 5.91 Å². The first-order valence-corrected chi connectivity index (χ1v) is 7.89. The molecule has 2 aromatic rings. The van der Waals surface area contributed by atoms with Gasteiger partial charge in [-0.05, 0) is 25.1 Å². The van der Waals surface area contributed by atoms with Crippen LogP contribution in [0, 0.1) is 0 Å². The van der Waals surface area contributed by atoms with Gasteiger partial charge in [-0.15, -0.1) is 0 Å². The van der Waals surface area contributed by atoms with Crippen LogP contribution in [0.2, 0.25) is 0 Å². The second-order valence-electron chi connectivity index (χ2n) is 5.43. The van der Waals surface area contributed by atoms with Gasteiger partial charge < -0.3 is 19.1 Å². The van der Waals surface area contributed by atoms with Gasteiger partial charge in [-0.25, -0.2) is 4.98 Å². The minimum Gasteiger partial charge on any atom is -0.486 e. The third-order valence-electron chi connectivity index (χ3n) is 3.85. The summed E-state index contributed by atoms with van der Waals surface area (Å²) in [4.78, 5) is 18.5. The van der Waals surface area contributed by atoms with E-state index in [-0.39, 0.29) is 12.0 Å². The molecule has 1 atom stereocenters.